The van der Waals surface area contributed by atoms with Crippen LogP contribution in [0, 0.1) is 0 Å². The van der Waals surface area contributed by atoms with Crippen LogP contribution in [-0.4, -0.2) is 37.1 Å². The van der Waals surface area contributed by atoms with E-state index in [1.54, 1.807) is 11.3 Å². The van der Waals surface area contributed by atoms with Crippen LogP contribution >= 0.6 is 27.3 Å². The number of nitrogens with zero attached hydrogens (tertiary/aromatic N) is 1. The highest BCUT2D eigenvalue weighted by molar-refractivity contribution is 9.10. The van der Waals surface area contributed by atoms with E-state index in [4.69, 9.17) is 4.74 Å². The molecule has 1 aliphatic heterocycles. The van der Waals surface area contributed by atoms with E-state index in [9.17, 15) is 4.79 Å². The Balaban J connectivity index is 1.91. The van der Waals surface area contributed by atoms with Crippen LogP contribution in [0.4, 0.5) is 0 Å². The lowest BCUT2D eigenvalue weighted by Gasteiger charge is -2.26. The van der Waals surface area contributed by atoms with E-state index in [1.807, 2.05) is 16.3 Å². The summed E-state index contributed by atoms with van der Waals surface area (Å²) in [4.78, 5) is 14.8. The zero-order valence-electron chi connectivity index (χ0n) is 8.24. The third-order valence-corrected chi connectivity index (χ3v) is 4.01. The molecule has 0 spiro atoms. The molecule has 0 saturated carbocycles. The third kappa shape index (κ3) is 3.03. The fourth-order valence-electron chi connectivity index (χ4n) is 1.52. The zero-order valence-corrected chi connectivity index (χ0v) is 10.6. The molecule has 1 aliphatic rings. The first kappa shape index (κ1) is 11.1. The first-order valence-electron chi connectivity index (χ1n) is 4.84. The van der Waals surface area contributed by atoms with Gasteiger partial charge in [-0.25, -0.2) is 0 Å². The van der Waals surface area contributed by atoms with Gasteiger partial charge in [-0.3, -0.25) is 4.79 Å². The zero-order chi connectivity index (χ0) is 10.7. The molecule has 1 aromatic rings. The molecular weight excluding hydrogens is 278 g/mol. The largest absolute Gasteiger partial charge is 0.378 e. The summed E-state index contributed by atoms with van der Waals surface area (Å²) in [6.07, 6.45) is 0.510. The monoisotopic (exact) mass is 289 g/mol. The number of rotatable bonds is 2. The van der Waals surface area contributed by atoms with Gasteiger partial charge in [0.05, 0.1) is 19.6 Å². The molecule has 2 heterocycles. The van der Waals surface area contributed by atoms with Crippen LogP contribution in [0.25, 0.3) is 0 Å². The number of hydrogen-bond donors (Lipinski definition) is 0. The van der Waals surface area contributed by atoms with Gasteiger partial charge in [0.2, 0.25) is 5.91 Å². The molecule has 1 amide bonds. The van der Waals surface area contributed by atoms with E-state index in [0.717, 1.165) is 22.4 Å². The molecule has 0 aromatic carbocycles. The van der Waals surface area contributed by atoms with E-state index in [-0.39, 0.29) is 5.91 Å². The second kappa shape index (κ2) is 5.09. The normalized spacial score (nSPS) is 16.7. The van der Waals surface area contributed by atoms with Crippen molar-refractivity contribution in [3.63, 3.8) is 0 Å². The Kier molecular flexibility index (Phi) is 3.77. The lowest BCUT2D eigenvalue weighted by molar-refractivity contribution is -0.134. The molecule has 1 aromatic heterocycles. The van der Waals surface area contributed by atoms with E-state index in [2.05, 4.69) is 15.9 Å². The van der Waals surface area contributed by atoms with E-state index in [0.29, 0.717) is 19.6 Å². The molecule has 0 N–H and O–H groups in total. The summed E-state index contributed by atoms with van der Waals surface area (Å²) in [5.41, 5.74) is 0. The van der Waals surface area contributed by atoms with Crippen LogP contribution in [-0.2, 0) is 16.0 Å². The van der Waals surface area contributed by atoms with Crippen molar-refractivity contribution in [3.05, 3.63) is 20.8 Å². The van der Waals surface area contributed by atoms with Gasteiger partial charge in [-0.2, -0.15) is 0 Å². The highest BCUT2D eigenvalue weighted by atomic mass is 79.9. The van der Waals surface area contributed by atoms with E-state index >= 15 is 0 Å². The molecule has 82 valence electrons. The van der Waals surface area contributed by atoms with Gasteiger partial charge in [0.1, 0.15) is 0 Å². The maximum absolute atomic E-state index is 11.8. The summed E-state index contributed by atoms with van der Waals surface area (Å²) < 4.78 is 6.26. The standard InChI is InChI=1S/C10H12BrNO2S/c11-8-5-9(15-7-8)6-10(13)12-1-3-14-4-2-12/h5,7H,1-4,6H2. The van der Waals surface area contributed by atoms with Crippen molar-refractivity contribution >= 4 is 33.2 Å². The molecular formula is C10H12BrNO2S. The van der Waals surface area contributed by atoms with Crippen molar-refractivity contribution in [1.29, 1.82) is 0 Å². The molecule has 15 heavy (non-hydrogen) atoms. The van der Waals surface area contributed by atoms with Crippen LogP contribution in [0.1, 0.15) is 4.88 Å². The van der Waals surface area contributed by atoms with Gasteiger partial charge in [0.25, 0.3) is 0 Å². The molecule has 0 bridgehead atoms. The summed E-state index contributed by atoms with van der Waals surface area (Å²) in [5, 5.41) is 2.00. The molecule has 2 rings (SSSR count). The third-order valence-electron chi connectivity index (χ3n) is 2.31. The average Bonchev–Trinajstić information content (AvgIpc) is 2.65. The first-order valence-corrected chi connectivity index (χ1v) is 6.51. The lowest BCUT2D eigenvalue weighted by atomic mass is 10.3. The number of morpholine rings is 1. The quantitative estimate of drug-likeness (QED) is 0.832. The van der Waals surface area contributed by atoms with E-state index < -0.39 is 0 Å². The summed E-state index contributed by atoms with van der Waals surface area (Å²) in [6, 6.07) is 2.00. The molecule has 0 aliphatic carbocycles. The van der Waals surface area contributed by atoms with Gasteiger partial charge >= 0.3 is 0 Å². The fourth-order valence-corrected chi connectivity index (χ4v) is 2.96. The lowest BCUT2D eigenvalue weighted by Crippen LogP contribution is -2.41. The molecule has 5 heteroatoms. The average molecular weight is 290 g/mol. The Hall–Kier alpha value is -0.390. The summed E-state index contributed by atoms with van der Waals surface area (Å²) in [5.74, 6) is 0.202. The van der Waals surface area contributed by atoms with Gasteiger partial charge in [-0.15, -0.1) is 11.3 Å². The van der Waals surface area contributed by atoms with Crippen molar-refractivity contribution in [1.82, 2.24) is 4.90 Å². The van der Waals surface area contributed by atoms with Crippen LogP contribution in [0.15, 0.2) is 15.9 Å². The predicted molar refractivity (Wildman–Crippen MR) is 63.1 cm³/mol. The molecule has 0 radical (unpaired) electrons. The Morgan fingerprint density at radius 2 is 2.27 bits per heavy atom. The SMILES string of the molecule is O=C(Cc1cc(Br)cs1)N1CCOCC1. The van der Waals surface area contributed by atoms with Crippen LogP contribution < -0.4 is 0 Å². The number of amides is 1. The van der Waals surface area contributed by atoms with Crippen molar-refractivity contribution in [2.45, 2.75) is 6.42 Å². The first-order chi connectivity index (χ1) is 7.25. The van der Waals surface area contributed by atoms with Gasteiger partial charge in [0.15, 0.2) is 0 Å². The molecule has 0 atom stereocenters. The summed E-state index contributed by atoms with van der Waals surface area (Å²) in [6.45, 7) is 2.79. The van der Waals surface area contributed by atoms with Crippen molar-refractivity contribution < 1.29 is 9.53 Å². The second-order valence-electron chi connectivity index (χ2n) is 3.40. The second-order valence-corrected chi connectivity index (χ2v) is 5.31. The van der Waals surface area contributed by atoms with Gasteiger partial charge in [-0.1, -0.05) is 0 Å². The number of carbonyl (C=O) groups is 1. The van der Waals surface area contributed by atoms with E-state index in [1.165, 1.54) is 0 Å². The Morgan fingerprint density at radius 1 is 1.53 bits per heavy atom. The molecule has 3 nitrogen and oxygen atoms in total. The maximum atomic E-state index is 11.8. The van der Waals surface area contributed by atoms with Crippen LogP contribution in [0.5, 0.6) is 0 Å². The van der Waals surface area contributed by atoms with Crippen LogP contribution in [0.3, 0.4) is 0 Å². The summed E-state index contributed by atoms with van der Waals surface area (Å²) in [7, 11) is 0. The fraction of sp³-hybridized carbons (Fsp3) is 0.500. The molecule has 1 saturated heterocycles. The Labute approximate surface area is 101 Å². The highest BCUT2D eigenvalue weighted by Gasteiger charge is 2.17. The molecule has 1 fully saturated rings. The summed E-state index contributed by atoms with van der Waals surface area (Å²) >= 11 is 5.00. The van der Waals surface area contributed by atoms with Crippen molar-refractivity contribution in [2.75, 3.05) is 26.3 Å². The molecule has 0 unspecified atom stereocenters. The number of thiophene rings is 1. The predicted octanol–water partition coefficient (Wildman–Crippen LogP) is 1.91. The highest BCUT2D eigenvalue weighted by Crippen LogP contribution is 2.20. The Morgan fingerprint density at radius 3 is 2.87 bits per heavy atom. The van der Waals surface area contributed by atoms with Gasteiger partial charge < -0.3 is 9.64 Å². The number of halogens is 1. The van der Waals surface area contributed by atoms with Crippen LogP contribution in [0.2, 0.25) is 0 Å². The van der Waals surface area contributed by atoms with Crippen molar-refractivity contribution in [3.8, 4) is 0 Å². The number of ether oxygens (including phenoxy) is 1. The number of hydrogen-bond acceptors (Lipinski definition) is 3. The van der Waals surface area contributed by atoms with Gasteiger partial charge in [0, 0.05) is 27.8 Å². The minimum atomic E-state index is 0.202. The minimum absolute atomic E-state index is 0.202. The Bertz CT molecular complexity index is 347. The van der Waals surface area contributed by atoms with Gasteiger partial charge in [-0.05, 0) is 22.0 Å². The maximum Gasteiger partial charge on any atom is 0.227 e. The minimum Gasteiger partial charge on any atom is -0.378 e. The smallest absolute Gasteiger partial charge is 0.227 e. The van der Waals surface area contributed by atoms with Crippen molar-refractivity contribution in [2.24, 2.45) is 0 Å². The number of carbonyl (C=O) groups excluding carboxylic acids is 1. The topological polar surface area (TPSA) is 29.5 Å².